The molecule has 0 spiro atoms. The summed E-state index contributed by atoms with van der Waals surface area (Å²) in [4.78, 5) is 38.5. The van der Waals surface area contributed by atoms with Gasteiger partial charge in [0.2, 0.25) is 0 Å². The molecule has 4 rings (SSSR count). The quantitative estimate of drug-likeness (QED) is 0.441. The molecule has 0 radical (unpaired) electrons. The van der Waals surface area contributed by atoms with Crippen molar-refractivity contribution < 1.29 is 29.3 Å². The van der Waals surface area contributed by atoms with E-state index in [1.54, 1.807) is 6.20 Å². The van der Waals surface area contributed by atoms with E-state index >= 15 is 0 Å². The summed E-state index contributed by atoms with van der Waals surface area (Å²) >= 11 is 0. The second kappa shape index (κ2) is 11.2. The third-order valence-corrected chi connectivity index (χ3v) is 4.59. The largest absolute Gasteiger partial charge is 0.483 e. The number of ether oxygens (including phenoxy) is 1. The maximum Gasteiger partial charge on any atom is 0.340 e. The molecule has 0 unspecified atom stereocenters. The number of nitrogens with zero attached hydrogens (tertiary/aromatic N) is 2. The Balaban J connectivity index is 0.000000480. The second-order valence-corrected chi connectivity index (χ2v) is 6.27. The number of hydrogen-bond acceptors (Lipinski definition) is 6. The van der Waals surface area contributed by atoms with Crippen molar-refractivity contribution in [2.75, 3.05) is 25.1 Å². The van der Waals surface area contributed by atoms with Crippen molar-refractivity contribution in [2.24, 2.45) is 0 Å². The summed E-state index contributed by atoms with van der Waals surface area (Å²) in [5.41, 5.74) is 4.54. The average Bonchev–Trinajstić information content (AvgIpc) is 3.44. The molecule has 2 aromatic heterocycles. The van der Waals surface area contributed by atoms with E-state index in [2.05, 4.69) is 39.1 Å². The Hall–Kier alpha value is -3.88. The van der Waals surface area contributed by atoms with E-state index in [4.69, 9.17) is 24.5 Å². The molecule has 9 nitrogen and oxygen atoms in total. The van der Waals surface area contributed by atoms with Crippen molar-refractivity contribution in [3.8, 4) is 11.1 Å². The van der Waals surface area contributed by atoms with Gasteiger partial charge in [-0.15, -0.1) is 0 Å². The summed E-state index contributed by atoms with van der Waals surface area (Å²) in [5, 5.41) is 14.6. The topological polar surface area (TPSA) is 133 Å². The van der Waals surface area contributed by atoms with Gasteiger partial charge in [-0.1, -0.05) is 12.1 Å². The fourth-order valence-corrected chi connectivity index (χ4v) is 3.30. The minimum atomic E-state index is -0.356. The lowest BCUT2D eigenvalue weighted by molar-refractivity contribution is -0.123. The van der Waals surface area contributed by atoms with Gasteiger partial charge in [0.25, 0.3) is 12.9 Å². The van der Waals surface area contributed by atoms with Crippen molar-refractivity contribution in [2.45, 2.75) is 12.8 Å². The molecule has 3 aromatic rings. The molecular weight excluding hydrogens is 390 g/mol. The standard InChI is InChI=1S/C19H19N3O2.2CH2O2/c1-24-19(23)17-12-21-18-16(17)10-14(11-20-18)13-5-4-6-15(9-13)22-7-2-3-8-22;2*2-1-3/h4-6,9-12H,2-3,7-8H2,1H3,(H,20,21);2*1H,(H,2,3). The highest BCUT2D eigenvalue weighted by molar-refractivity contribution is 6.04. The Morgan fingerprint density at radius 1 is 1.13 bits per heavy atom. The number of benzene rings is 1. The number of aromatic amines is 1. The van der Waals surface area contributed by atoms with Crippen LogP contribution in [0.3, 0.4) is 0 Å². The molecule has 30 heavy (non-hydrogen) atoms. The molecule has 0 saturated carbocycles. The number of nitrogens with one attached hydrogen (secondary N) is 1. The third-order valence-electron chi connectivity index (χ3n) is 4.59. The van der Waals surface area contributed by atoms with Crippen LogP contribution in [0.1, 0.15) is 23.2 Å². The summed E-state index contributed by atoms with van der Waals surface area (Å²) in [6, 6.07) is 10.5. The second-order valence-electron chi connectivity index (χ2n) is 6.27. The number of carboxylic acid groups (broad SMARTS) is 2. The van der Waals surface area contributed by atoms with Crippen molar-refractivity contribution in [3.05, 3.63) is 48.3 Å². The Bertz CT molecular complexity index is 989. The Morgan fingerprint density at radius 2 is 1.80 bits per heavy atom. The van der Waals surface area contributed by atoms with Gasteiger partial charge in [-0.2, -0.15) is 0 Å². The molecular formula is C21H23N3O6. The predicted octanol–water partition coefficient (Wildman–Crippen LogP) is 3.02. The summed E-state index contributed by atoms with van der Waals surface area (Å²) in [7, 11) is 1.39. The monoisotopic (exact) mass is 413 g/mol. The van der Waals surface area contributed by atoms with Crippen LogP contribution in [0.15, 0.2) is 42.7 Å². The molecule has 1 aromatic carbocycles. The number of H-pyrrole nitrogens is 1. The number of aromatic nitrogens is 2. The van der Waals surface area contributed by atoms with E-state index in [-0.39, 0.29) is 18.9 Å². The molecule has 9 heteroatoms. The first kappa shape index (κ1) is 22.4. The average molecular weight is 413 g/mol. The van der Waals surface area contributed by atoms with E-state index < -0.39 is 0 Å². The fourth-order valence-electron chi connectivity index (χ4n) is 3.30. The van der Waals surface area contributed by atoms with Gasteiger partial charge in [0, 0.05) is 42.1 Å². The minimum absolute atomic E-state index is 0.250. The van der Waals surface area contributed by atoms with Crippen molar-refractivity contribution in [1.82, 2.24) is 9.97 Å². The van der Waals surface area contributed by atoms with E-state index in [1.807, 2.05) is 12.3 Å². The molecule has 1 fully saturated rings. The summed E-state index contributed by atoms with van der Waals surface area (Å²) in [6.07, 6.45) is 5.99. The smallest absolute Gasteiger partial charge is 0.340 e. The van der Waals surface area contributed by atoms with E-state index in [9.17, 15) is 4.79 Å². The van der Waals surface area contributed by atoms with E-state index in [0.29, 0.717) is 11.2 Å². The number of anilines is 1. The van der Waals surface area contributed by atoms with Crippen LogP contribution in [0.4, 0.5) is 5.69 Å². The van der Waals surface area contributed by atoms with Crippen LogP contribution in [0.5, 0.6) is 0 Å². The molecule has 1 aliphatic heterocycles. The Kier molecular flexibility index (Phi) is 8.37. The SMILES string of the molecule is COC(=O)c1c[nH]c2ncc(-c3cccc(N4CCCC4)c3)cc12.O=CO.O=CO. The van der Waals surface area contributed by atoms with Gasteiger partial charge in [-0.3, -0.25) is 9.59 Å². The van der Waals surface area contributed by atoms with Crippen LogP contribution in [0, 0.1) is 0 Å². The first-order valence-electron chi connectivity index (χ1n) is 9.16. The van der Waals surface area contributed by atoms with Crippen LogP contribution in [0.2, 0.25) is 0 Å². The van der Waals surface area contributed by atoms with E-state index in [1.165, 1.54) is 25.6 Å². The lowest BCUT2D eigenvalue weighted by Gasteiger charge is -2.18. The molecule has 0 atom stereocenters. The highest BCUT2D eigenvalue weighted by atomic mass is 16.5. The van der Waals surface area contributed by atoms with Crippen molar-refractivity contribution in [1.29, 1.82) is 0 Å². The number of methoxy groups -OCH3 is 1. The van der Waals surface area contributed by atoms with Crippen LogP contribution in [-0.4, -0.2) is 59.3 Å². The van der Waals surface area contributed by atoms with Crippen LogP contribution in [0.25, 0.3) is 22.2 Å². The summed E-state index contributed by atoms with van der Waals surface area (Å²) < 4.78 is 4.84. The highest BCUT2D eigenvalue weighted by Gasteiger charge is 2.15. The zero-order valence-electron chi connectivity index (χ0n) is 16.4. The maximum absolute atomic E-state index is 11.9. The van der Waals surface area contributed by atoms with Crippen molar-refractivity contribution in [3.63, 3.8) is 0 Å². The summed E-state index contributed by atoms with van der Waals surface area (Å²) in [5.74, 6) is -0.356. The van der Waals surface area contributed by atoms with Gasteiger partial charge >= 0.3 is 5.97 Å². The van der Waals surface area contributed by atoms with Gasteiger partial charge in [-0.05, 0) is 36.6 Å². The number of esters is 1. The van der Waals surface area contributed by atoms with Crippen LogP contribution < -0.4 is 4.90 Å². The number of rotatable bonds is 3. The normalized spacial score (nSPS) is 12.2. The van der Waals surface area contributed by atoms with Crippen LogP contribution in [-0.2, 0) is 14.3 Å². The molecule has 0 aliphatic carbocycles. The molecule has 1 saturated heterocycles. The van der Waals surface area contributed by atoms with Gasteiger partial charge in [0.1, 0.15) is 5.65 Å². The minimum Gasteiger partial charge on any atom is -0.483 e. The Morgan fingerprint density at radius 3 is 2.43 bits per heavy atom. The zero-order chi connectivity index (χ0) is 21.9. The first-order chi connectivity index (χ1) is 14.6. The van der Waals surface area contributed by atoms with Gasteiger partial charge < -0.3 is 24.8 Å². The Labute approximate surface area is 172 Å². The number of carbonyl (C=O) groups excluding carboxylic acids is 1. The maximum atomic E-state index is 11.9. The lowest BCUT2D eigenvalue weighted by atomic mass is 10.0. The third kappa shape index (κ3) is 5.34. The van der Waals surface area contributed by atoms with Gasteiger partial charge in [0.15, 0.2) is 0 Å². The molecule has 0 amide bonds. The zero-order valence-corrected chi connectivity index (χ0v) is 16.4. The number of hydrogen-bond donors (Lipinski definition) is 3. The van der Waals surface area contributed by atoms with Crippen LogP contribution >= 0.6 is 0 Å². The number of pyridine rings is 1. The number of carbonyl (C=O) groups is 3. The molecule has 0 bridgehead atoms. The fraction of sp³-hybridized carbons (Fsp3) is 0.238. The molecule has 158 valence electrons. The number of fused-ring (bicyclic) bond motifs is 1. The highest BCUT2D eigenvalue weighted by Crippen LogP contribution is 2.29. The molecule has 3 heterocycles. The lowest BCUT2D eigenvalue weighted by Crippen LogP contribution is -2.17. The molecule has 1 aliphatic rings. The predicted molar refractivity (Wildman–Crippen MR) is 112 cm³/mol. The molecule has 3 N–H and O–H groups in total. The van der Waals surface area contributed by atoms with E-state index in [0.717, 1.165) is 29.6 Å². The first-order valence-corrected chi connectivity index (χ1v) is 9.16. The summed E-state index contributed by atoms with van der Waals surface area (Å²) in [6.45, 7) is 1.73. The van der Waals surface area contributed by atoms with Gasteiger partial charge in [0.05, 0.1) is 12.7 Å². The van der Waals surface area contributed by atoms with Crippen molar-refractivity contribution >= 4 is 35.6 Å². The van der Waals surface area contributed by atoms with Gasteiger partial charge in [-0.25, -0.2) is 9.78 Å².